The molecule has 4 aromatic carbocycles. The van der Waals surface area contributed by atoms with Gasteiger partial charge in [0.2, 0.25) is 0 Å². The molecule has 5 heteroatoms. The molecular weight excluding hydrogens is 454 g/mol. The second-order valence-corrected chi connectivity index (χ2v) is 9.26. The summed E-state index contributed by atoms with van der Waals surface area (Å²) >= 11 is 0. The predicted octanol–water partition coefficient (Wildman–Crippen LogP) is 7.46. The summed E-state index contributed by atoms with van der Waals surface area (Å²) in [6.45, 7) is 0. The van der Waals surface area contributed by atoms with E-state index < -0.39 is 0 Å². The van der Waals surface area contributed by atoms with Gasteiger partial charge < -0.3 is 4.57 Å². The molecule has 8 aromatic rings. The third-order valence-corrected chi connectivity index (χ3v) is 7.18. The maximum atomic E-state index is 5.40. The Morgan fingerprint density at radius 1 is 0.486 bits per heavy atom. The van der Waals surface area contributed by atoms with Gasteiger partial charge >= 0.3 is 0 Å². The Morgan fingerprint density at radius 2 is 1.08 bits per heavy atom. The molecule has 0 spiro atoms. The highest BCUT2D eigenvalue weighted by molar-refractivity contribution is 6.16. The molecule has 0 radical (unpaired) electrons. The zero-order valence-electron chi connectivity index (χ0n) is 19.9. The van der Waals surface area contributed by atoms with Crippen molar-refractivity contribution in [2.24, 2.45) is 0 Å². The Bertz CT molecular complexity index is 2080. The lowest BCUT2D eigenvalue weighted by Crippen LogP contribution is -2.00. The molecule has 4 heterocycles. The minimum atomic E-state index is 0.941. The van der Waals surface area contributed by atoms with Gasteiger partial charge in [-0.3, -0.25) is 9.13 Å². The number of rotatable bonds is 3. The fourth-order valence-corrected chi connectivity index (χ4v) is 5.56. The lowest BCUT2D eigenvalue weighted by atomic mass is 10.1. The summed E-state index contributed by atoms with van der Waals surface area (Å²) in [5.41, 5.74) is 7.40. The van der Waals surface area contributed by atoms with Crippen molar-refractivity contribution in [3.63, 3.8) is 0 Å². The van der Waals surface area contributed by atoms with Gasteiger partial charge in [-0.1, -0.05) is 60.7 Å². The molecule has 8 rings (SSSR count). The summed E-state index contributed by atoms with van der Waals surface area (Å²) in [5.74, 6) is 0. The highest BCUT2D eigenvalue weighted by atomic mass is 15.1. The summed E-state index contributed by atoms with van der Waals surface area (Å²) in [5, 5.41) is 4.69. The molecule has 0 aliphatic rings. The smallest absolute Gasteiger partial charge is 0.148 e. The minimum absolute atomic E-state index is 0.941. The molecule has 0 aliphatic carbocycles. The van der Waals surface area contributed by atoms with Crippen molar-refractivity contribution in [3.05, 3.63) is 128 Å². The summed E-state index contributed by atoms with van der Waals surface area (Å²) in [6, 6.07) is 38.4. The molecular formula is C32H21N5. The first-order valence-electron chi connectivity index (χ1n) is 12.3. The second kappa shape index (κ2) is 7.67. The van der Waals surface area contributed by atoms with Crippen molar-refractivity contribution in [3.8, 4) is 17.1 Å². The van der Waals surface area contributed by atoms with Gasteiger partial charge in [-0.25, -0.2) is 9.97 Å². The highest BCUT2D eigenvalue weighted by Gasteiger charge is 2.19. The van der Waals surface area contributed by atoms with Gasteiger partial charge in [-0.15, -0.1) is 0 Å². The van der Waals surface area contributed by atoms with E-state index >= 15 is 0 Å². The van der Waals surface area contributed by atoms with Crippen LogP contribution in [0.4, 0.5) is 0 Å². The molecule has 0 atom stereocenters. The van der Waals surface area contributed by atoms with Gasteiger partial charge in [0.15, 0.2) is 0 Å². The van der Waals surface area contributed by atoms with Gasteiger partial charge in [0, 0.05) is 51.0 Å². The maximum Gasteiger partial charge on any atom is 0.148 e. The summed E-state index contributed by atoms with van der Waals surface area (Å²) in [7, 11) is 0. The fraction of sp³-hybridized carbons (Fsp3) is 0. The number of pyridine rings is 1. The number of hydrogen-bond donors (Lipinski definition) is 0. The van der Waals surface area contributed by atoms with Crippen LogP contribution in [0.5, 0.6) is 0 Å². The molecule has 4 aromatic heterocycles. The lowest BCUT2D eigenvalue weighted by Gasteiger charge is -2.11. The quantitative estimate of drug-likeness (QED) is 0.266. The Labute approximate surface area is 212 Å². The van der Waals surface area contributed by atoms with Crippen LogP contribution in [-0.2, 0) is 0 Å². The molecule has 0 bridgehead atoms. The van der Waals surface area contributed by atoms with Gasteiger partial charge in [0.25, 0.3) is 0 Å². The Kier molecular flexibility index (Phi) is 4.16. The third-order valence-electron chi connectivity index (χ3n) is 7.18. The van der Waals surface area contributed by atoms with Crippen molar-refractivity contribution in [1.82, 2.24) is 23.7 Å². The fourth-order valence-electron chi connectivity index (χ4n) is 5.56. The molecule has 5 nitrogen and oxygen atoms in total. The predicted molar refractivity (Wildman–Crippen MR) is 150 cm³/mol. The molecule has 0 amide bonds. The largest absolute Gasteiger partial charge is 0.306 e. The van der Waals surface area contributed by atoms with Crippen molar-refractivity contribution in [2.75, 3.05) is 0 Å². The maximum absolute atomic E-state index is 5.40. The average Bonchev–Trinajstić information content (AvgIpc) is 3.68. The van der Waals surface area contributed by atoms with E-state index in [4.69, 9.17) is 4.98 Å². The first-order chi connectivity index (χ1) is 18.4. The van der Waals surface area contributed by atoms with Crippen molar-refractivity contribution < 1.29 is 0 Å². The molecule has 174 valence electrons. The van der Waals surface area contributed by atoms with Crippen LogP contribution in [-0.4, -0.2) is 23.7 Å². The standard InChI is InChI=1S/C32H21N5/c1-2-9-22(10-3-1)36-29-15-6-4-13-25(29)27-20-28-26-14-5-7-16-30(26)37(32(28)34-31(27)36)24-12-8-11-23(19-24)35-18-17-33-21-35/h1-21H. The zero-order valence-corrected chi connectivity index (χ0v) is 19.9. The van der Waals surface area contributed by atoms with E-state index in [1.54, 1.807) is 6.20 Å². The lowest BCUT2D eigenvalue weighted by molar-refractivity contribution is 1.04. The van der Waals surface area contributed by atoms with Gasteiger partial charge in [0.05, 0.1) is 17.4 Å². The van der Waals surface area contributed by atoms with E-state index in [0.29, 0.717) is 0 Å². The normalized spacial score (nSPS) is 11.8. The van der Waals surface area contributed by atoms with E-state index in [1.807, 2.05) is 23.2 Å². The Balaban J connectivity index is 1.52. The summed E-state index contributed by atoms with van der Waals surface area (Å²) in [6.07, 6.45) is 5.59. The summed E-state index contributed by atoms with van der Waals surface area (Å²) < 4.78 is 6.57. The van der Waals surface area contributed by atoms with Crippen molar-refractivity contribution in [2.45, 2.75) is 0 Å². The Hall–Kier alpha value is -5.16. The molecule has 37 heavy (non-hydrogen) atoms. The number of para-hydroxylation sites is 3. The molecule has 0 N–H and O–H groups in total. The van der Waals surface area contributed by atoms with Crippen LogP contribution in [0.3, 0.4) is 0 Å². The highest BCUT2D eigenvalue weighted by Crippen LogP contribution is 2.37. The number of fused-ring (bicyclic) bond motifs is 6. The van der Waals surface area contributed by atoms with Crippen LogP contribution < -0.4 is 0 Å². The SMILES string of the molecule is c1ccc(-n2c3ccccc3c3cc4c5ccccc5n(-c5cccc(-n6ccnc6)c5)c4nc32)cc1. The van der Waals surface area contributed by atoms with Gasteiger partial charge in [-0.2, -0.15) is 0 Å². The summed E-state index contributed by atoms with van der Waals surface area (Å²) in [4.78, 5) is 9.63. The topological polar surface area (TPSA) is 40.6 Å². The average molecular weight is 476 g/mol. The number of nitrogens with zero attached hydrogens (tertiary/aromatic N) is 5. The molecule has 0 aliphatic heterocycles. The molecule has 0 unspecified atom stereocenters. The second-order valence-electron chi connectivity index (χ2n) is 9.26. The number of hydrogen-bond acceptors (Lipinski definition) is 2. The van der Waals surface area contributed by atoms with Crippen LogP contribution in [0.1, 0.15) is 0 Å². The van der Waals surface area contributed by atoms with Crippen LogP contribution in [0, 0.1) is 0 Å². The monoisotopic (exact) mass is 475 g/mol. The molecule has 0 saturated carbocycles. The van der Waals surface area contributed by atoms with E-state index in [2.05, 4.69) is 117 Å². The van der Waals surface area contributed by atoms with E-state index in [0.717, 1.165) is 50.2 Å². The van der Waals surface area contributed by atoms with E-state index in [-0.39, 0.29) is 0 Å². The Morgan fingerprint density at radius 3 is 1.76 bits per heavy atom. The van der Waals surface area contributed by atoms with E-state index in [1.165, 1.54) is 10.8 Å². The van der Waals surface area contributed by atoms with Gasteiger partial charge in [-0.05, 0) is 48.5 Å². The number of aromatic nitrogens is 5. The third kappa shape index (κ3) is 2.91. The number of imidazole rings is 1. The van der Waals surface area contributed by atoms with E-state index in [9.17, 15) is 0 Å². The number of benzene rings is 4. The van der Waals surface area contributed by atoms with Crippen LogP contribution in [0.15, 0.2) is 128 Å². The first kappa shape index (κ1) is 20.1. The van der Waals surface area contributed by atoms with Gasteiger partial charge in [0.1, 0.15) is 11.3 Å². The van der Waals surface area contributed by atoms with Crippen molar-refractivity contribution >= 4 is 43.9 Å². The van der Waals surface area contributed by atoms with Crippen LogP contribution in [0.25, 0.3) is 60.9 Å². The first-order valence-corrected chi connectivity index (χ1v) is 12.3. The minimum Gasteiger partial charge on any atom is -0.306 e. The van der Waals surface area contributed by atoms with Crippen LogP contribution >= 0.6 is 0 Å². The zero-order chi connectivity index (χ0) is 24.3. The molecule has 0 saturated heterocycles. The molecule has 0 fully saturated rings. The van der Waals surface area contributed by atoms with Crippen molar-refractivity contribution in [1.29, 1.82) is 0 Å². The van der Waals surface area contributed by atoms with Crippen LogP contribution in [0.2, 0.25) is 0 Å².